The highest BCUT2D eigenvalue weighted by Gasteiger charge is 2.54. The van der Waals surface area contributed by atoms with E-state index < -0.39 is 69.0 Å². The molecule has 46 heavy (non-hydrogen) atoms. The van der Waals surface area contributed by atoms with Gasteiger partial charge in [-0.15, -0.1) is 0 Å². The second-order valence-electron chi connectivity index (χ2n) is 16.0. The Bertz CT molecular complexity index is 1260. The zero-order chi connectivity index (χ0) is 34.2. The first-order valence-electron chi connectivity index (χ1n) is 16.9. The third kappa shape index (κ3) is 8.22. The van der Waals surface area contributed by atoms with Gasteiger partial charge in [0, 0.05) is 32.7 Å². The Balaban J connectivity index is 1.50. The van der Waals surface area contributed by atoms with E-state index in [9.17, 15) is 32.7 Å². The summed E-state index contributed by atoms with van der Waals surface area (Å²) in [5, 5.41) is 23.1. The molecule has 262 valence electrons. The number of Topliss-reactive ketones (excluding diaryl/α,β-unsaturated/α-hetero) is 1. The van der Waals surface area contributed by atoms with Crippen LogP contribution < -0.4 is 21.3 Å². The minimum Gasteiger partial charge on any atom is -0.376 e. The summed E-state index contributed by atoms with van der Waals surface area (Å²) in [5.74, 6) is -1.22. The molecule has 14 heteroatoms. The average Bonchev–Trinajstić information content (AvgIpc) is 3.39. The average molecular weight is 669 g/mol. The summed E-state index contributed by atoms with van der Waals surface area (Å²) in [6, 6.07) is -3.48. The number of carbonyl (C=O) groups excluding carboxylic acids is 4. The molecule has 2 saturated heterocycles. The van der Waals surface area contributed by atoms with Gasteiger partial charge in [0.1, 0.15) is 6.23 Å². The number of aliphatic hydroxyl groups excluding tert-OH is 1. The van der Waals surface area contributed by atoms with Crippen LogP contribution >= 0.6 is 0 Å². The first-order chi connectivity index (χ1) is 21.3. The molecule has 13 nitrogen and oxygen atoms in total. The van der Waals surface area contributed by atoms with Crippen molar-refractivity contribution in [1.29, 1.82) is 0 Å². The van der Waals surface area contributed by atoms with Gasteiger partial charge in [-0.3, -0.25) is 19.3 Å². The monoisotopic (exact) mass is 668 g/mol. The summed E-state index contributed by atoms with van der Waals surface area (Å²) < 4.78 is 26.4. The van der Waals surface area contributed by atoms with Gasteiger partial charge >= 0.3 is 6.03 Å². The van der Waals surface area contributed by atoms with Crippen LogP contribution in [0, 0.1) is 28.6 Å². The van der Waals surface area contributed by atoms with Crippen molar-refractivity contribution >= 4 is 33.7 Å². The molecule has 0 bridgehead atoms. The quantitative estimate of drug-likeness (QED) is 0.193. The van der Waals surface area contributed by atoms with E-state index in [0.29, 0.717) is 25.9 Å². The molecule has 0 spiro atoms. The van der Waals surface area contributed by atoms with Gasteiger partial charge < -0.3 is 26.4 Å². The van der Waals surface area contributed by atoms with Crippen molar-refractivity contribution in [1.82, 2.24) is 30.5 Å². The molecule has 0 radical (unpaired) electrons. The predicted molar refractivity (Wildman–Crippen MR) is 174 cm³/mol. The van der Waals surface area contributed by atoms with Crippen LogP contribution in [0.15, 0.2) is 0 Å². The van der Waals surface area contributed by atoms with Gasteiger partial charge in [0.2, 0.25) is 21.7 Å². The highest BCUT2D eigenvalue weighted by atomic mass is 32.2. The molecule has 2 saturated carbocycles. The molecule has 2 aliphatic heterocycles. The van der Waals surface area contributed by atoms with E-state index in [1.165, 1.54) is 11.4 Å². The Morgan fingerprint density at radius 3 is 2.07 bits per heavy atom. The Morgan fingerprint density at radius 1 is 0.913 bits per heavy atom. The normalized spacial score (nSPS) is 27.7. The molecule has 0 aromatic carbocycles. The molecular weight excluding hydrogens is 612 g/mol. The smallest absolute Gasteiger partial charge is 0.315 e. The Morgan fingerprint density at radius 2 is 1.59 bits per heavy atom. The Hall–Kier alpha value is -2.29. The van der Waals surface area contributed by atoms with E-state index in [4.69, 9.17) is 0 Å². The van der Waals surface area contributed by atoms with Gasteiger partial charge in [-0.05, 0) is 54.3 Å². The summed E-state index contributed by atoms with van der Waals surface area (Å²) in [6.45, 7) is 12.5. The zero-order valence-electron chi connectivity index (χ0n) is 28.6. The number of aliphatic hydroxyl groups is 1. The number of ketones is 1. The van der Waals surface area contributed by atoms with Gasteiger partial charge in [-0.25, -0.2) is 13.2 Å². The Kier molecular flexibility index (Phi) is 11.2. The Labute approximate surface area is 274 Å². The third-order valence-electron chi connectivity index (χ3n) is 10.6. The number of likely N-dealkylation sites (N-methyl/N-ethyl adjacent to an activating group) is 1. The fourth-order valence-corrected chi connectivity index (χ4v) is 8.76. The molecule has 2 unspecified atom stereocenters. The van der Waals surface area contributed by atoms with Crippen LogP contribution in [0.5, 0.6) is 0 Å². The number of hydrogen-bond donors (Lipinski definition) is 5. The standard InChI is InChI=1S/C32H56N6O7S/c1-31(2,3)23(18-37-14-9-15-46(37,44)45)35-30(43)36-26(32(4,5)6)29(42)38-17-20-12-13-21(20)24(38)27(40)34-22(16-19-10-8-11-19)25(39)28(41)33-7/h19-24,26,29,42H,8-18H2,1-7H3,(H,33,41)(H,34,40)(H2,35,36,43)/t20-,21-,22?,23+,24-,26+,29?/m0/s1. The fraction of sp³-hybridized carbons (Fsp3) is 0.875. The molecule has 0 aromatic heterocycles. The van der Waals surface area contributed by atoms with Crippen molar-refractivity contribution in [3.05, 3.63) is 0 Å². The van der Waals surface area contributed by atoms with Crippen LogP contribution in [0.2, 0.25) is 0 Å². The third-order valence-corrected chi connectivity index (χ3v) is 12.6. The van der Waals surface area contributed by atoms with Crippen LogP contribution in [0.4, 0.5) is 4.79 Å². The van der Waals surface area contributed by atoms with Crippen LogP contribution in [-0.2, 0) is 24.4 Å². The molecule has 2 aliphatic carbocycles. The van der Waals surface area contributed by atoms with Crippen molar-refractivity contribution in [3.63, 3.8) is 0 Å². The summed E-state index contributed by atoms with van der Waals surface area (Å²) >= 11 is 0. The summed E-state index contributed by atoms with van der Waals surface area (Å²) in [6.07, 6.45) is 4.44. The van der Waals surface area contributed by atoms with Gasteiger partial charge in [-0.1, -0.05) is 60.8 Å². The minimum absolute atomic E-state index is 0.00349. The van der Waals surface area contributed by atoms with E-state index in [1.807, 2.05) is 41.5 Å². The molecule has 2 heterocycles. The van der Waals surface area contributed by atoms with Gasteiger partial charge in [0.05, 0.1) is 23.9 Å². The summed E-state index contributed by atoms with van der Waals surface area (Å²) in [5.41, 5.74) is -1.08. The SMILES string of the molecule is CNC(=O)C(=O)C(CC1CCC1)NC(=O)[C@@H]1[C@H]2CC[C@H]2CN1C(O)[C@@H](NC(=O)N[C@H](CN1CCCS1(=O)=O)C(C)(C)C)C(C)(C)C. The van der Waals surface area contributed by atoms with Crippen LogP contribution in [-0.4, -0.2) is 109 Å². The first-order valence-corrected chi connectivity index (χ1v) is 18.5. The van der Waals surface area contributed by atoms with E-state index in [-0.39, 0.29) is 36.0 Å². The lowest BCUT2D eigenvalue weighted by Gasteiger charge is -2.42. The second kappa shape index (κ2) is 14.1. The molecule has 4 aliphatic rings. The molecule has 4 amide bonds. The van der Waals surface area contributed by atoms with Crippen molar-refractivity contribution in [3.8, 4) is 0 Å². The number of rotatable bonds is 12. The number of nitrogens with one attached hydrogen (secondary N) is 4. The minimum atomic E-state index is -3.36. The molecular formula is C32H56N6O7S. The summed E-state index contributed by atoms with van der Waals surface area (Å²) in [7, 11) is -1.97. The number of amides is 4. The molecule has 4 rings (SSSR count). The highest BCUT2D eigenvalue weighted by Crippen LogP contribution is 2.46. The van der Waals surface area contributed by atoms with E-state index in [1.54, 1.807) is 4.90 Å². The largest absolute Gasteiger partial charge is 0.376 e. The number of sulfonamides is 1. The van der Waals surface area contributed by atoms with E-state index in [0.717, 1.165) is 32.1 Å². The van der Waals surface area contributed by atoms with Crippen LogP contribution in [0.1, 0.15) is 86.5 Å². The van der Waals surface area contributed by atoms with Crippen molar-refractivity contribution in [2.24, 2.45) is 28.6 Å². The predicted octanol–water partition coefficient (Wildman–Crippen LogP) is 1.17. The van der Waals surface area contributed by atoms with Crippen molar-refractivity contribution in [2.45, 2.75) is 117 Å². The maximum Gasteiger partial charge on any atom is 0.315 e. The van der Waals surface area contributed by atoms with Crippen molar-refractivity contribution in [2.75, 3.05) is 32.4 Å². The maximum atomic E-state index is 13.9. The molecule has 5 N–H and O–H groups in total. The number of urea groups is 1. The van der Waals surface area contributed by atoms with Gasteiger partial charge in [0.25, 0.3) is 5.91 Å². The molecule has 7 atom stereocenters. The zero-order valence-corrected chi connectivity index (χ0v) is 29.4. The summed E-state index contributed by atoms with van der Waals surface area (Å²) in [4.78, 5) is 54.5. The van der Waals surface area contributed by atoms with E-state index >= 15 is 0 Å². The van der Waals surface area contributed by atoms with Crippen LogP contribution in [0.25, 0.3) is 0 Å². The lowest BCUT2D eigenvalue weighted by atomic mass is 9.72. The highest BCUT2D eigenvalue weighted by molar-refractivity contribution is 7.89. The molecule has 0 aromatic rings. The van der Waals surface area contributed by atoms with Crippen molar-refractivity contribution < 1.29 is 32.7 Å². The number of nitrogens with zero attached hydrogens (tertiary/aromatic N) is 2. The van der Waals surface area contributed by atoms with Gasteiger partial charge in [0.15, 0.2) is 0 Å². The lowest BCUT2D eigenvalue weighted by Crippen LogP contribution is -2.64. The topological polar surface area (TPSA) is 177 Å². The number of carbonyl (C=O) groups is 4. The van der Waals surface area contributed by atoms with E-state index in [2.05, 4.69) is 21.3 Å². The first kappa shape index (κ1) is 36.5. The fourth-order valence-electron chi connectivity index (χ4n) is 7.22. The number of likely N-dealkylation sites (tertiary alicyclic amines) is 1. The maximum absolute atomic E-state index is 13.9. The second-order valence-corrected chi connectivity index (χ2v) is 18.1. The lowest BCUT2D eigenvalue weighted by molar-refractivity contribution is -0.142. The molecule has 4 fully saturated rings. The number of fused-ring (bicyclic) bond motifs is 1. The van der Waals surface area contributed by atoms with Crippen LogP contribution in [0.3, 0.4) is 0 Å². The van der Waals surface area contributed by atoms with Gasteiger partial charge in [-0.2, -0.15) is 4.31 Å². The number of hydrogen-bond acceptors (Lipinski definition) is 8.